The third-order valence-corrected chi connectivity index (χ3v) is 19.6. The maximum Gasteiger partial charge on any atom is 0.303 e. The van der Waals surface area contributed by atoms with Crippen LogP contribution in [0, 0.1) is 0 Å². The second-order valence-electron chi connectivity index (χ2n) is 27.8. The van der Waals surface area contributed by atoms with Crippen LogP contribution in [-0.2, 0) is 101 Å². The number of unbranched alkanes of at least 4 members (excludes halogenated alkanes) is 1. The lowest BCUT2D eigenvalue weighted by molar-refractivity contribution is -0.140. The highest BCUT2D eigenvalue weighted by molar-refractivity contribution is 7.99. The van der Waals surface area contributed by atoms with Gasteiger partial charge in [0.05, 0.1) is 19.1 Å². The molecular formula is C74H102N20O20S. The summed E-state index contributed by atoms with van der Waals surface area (Å²) in [5.41, 5.74) is 33.6. The Bertz CT molecular complexity index is 4330. The zero-order valence-corrected chi connectivity index (χ0v) is 64.5. The van der Waals surface area contributed by atoms with E-state index in [-0.39, 0.29) is 64.0 Å². The highest BCUT2D eigenvalue weighted by Gasteiger charge is 2.42. The molecule has 6 rings (SSSR count). The molecule has 28 N–H and O–H groups in total. The van der Waals surface area contributed by atoms with Crippen molar-refractivity contribution in [2.24, 2.45) is 34.4 Å². The number of para-hydroxylation sites is 2. The van der Waals surface area contributed by atoms with Crippen LogP contribution in [0.15, 0.2) is 85.2 Å². The van der Waals surface area contributed by atoms with E-state index in [9.17, 15) is 72.5 Å². The van der Waals surface area contributed by atoms with Crippen molar-refractivity contribution < 1.29 is 96.5 Å². The summed E-state index contributed by atoms with van der Waals surface area (Å²) >= 11 is 0.912. The van der Waals surface area contributed by atoms with Crippen molar-refractivity contribution in [1.29, 1.82) is 0 Å². The van der Waals surface area contributed by atoms with E-state index >= 15 is 19.2 Å². The van der Waals surface area contributed by atoms with Crippen molar-refractivity contribution in [3.63, 3.8) is 0 Å². The highest BCUT2D eigenvalue weighted by Crippen LogP contribution is 2.24. The molecule has 3 heterocycles. The van der Waals surface area contributed by atoms with Crippen molar-refractivity contribution in [2.45, 2.75) is 183 Å². The van der Waals surface area contributed by atoms with Crippen LogP contribution in [0.4, 0.5) is 0 Å². The van der Waals surface area contributed by atoms with Crippen LogP contribution < -0.4 is 103 Å². The summed E-state index contributed by atoms with van der Waals surface area (Å²) in [5, 5.41) is 52.2. The Hall–Kier alpha value is -12.2. The van der Waals surface area contributed by atoms with Gasteiger partial charge in [0, 0.05) is 91.9 Å². The number of nitrogens with one attached hydrogen (secondary N) is 14. The number of carboxylic acids is 1. The zero-order chi connectivity index (χ0) is 84.6. The van der Waals surface area contributed by atoms with E-state index in [0.717, 1.165) is 25.6 Å². The smallest absolute Gasteiger partial charge is 0.303 e. The van der Waals surface area contributed by atoms with E-state index < -0.39 is 236 Å². The van der Waals surface area contributed by atoms with Gasteiger partial charge in [-0.3, -0.25) is 81.5 Å². The number of nitrogens with two attached hydrogens (primary N) is 6. The normalized spacial score (nSPS) is 19.0. The minimum atomic E-state index is -2.10. The molecule has 12 atom stereocenters. The van der Waals surface area contributed by atoms with Crippen molar-refractivity contribution in [3.05, 3.63) is 102 Å². The van der Waals surface area contributed by atoms with Crippen LogP contribution in [0.2, 0.25) is 0 Å². The molecule has 115 heavy (non-hydrogen) atoms. The Kier molecular flexibility index (Phi) is 35.7. The number of carbonyl (C=O) groups excluding carboxylic acids is 16. The number of primary amides is 4. The summed E-state index contributed by atoms with van der Waals surface area (Å²) in [6.07, 6.45) is -4.18. The number of carbonyl (C=O) groups is 17. The van der Waals surface area contributed by atoms with Crippen LogP contribution in [0.3, 0.4) is 0 Å². The first-order valence-corrected chi connectivity index (χ1v) is 38.2. The predicted octanol–water partition coefficient (Wildman–Crippen LogP) is -5.72. The number of aliphatic carboxylic acids is 1. The molecule has 5 aromatic rings. The molecule has 0 spiro atoms. The van der Waals surface area contributed by atoms with Gasteiger partial charge in [-0.2, -0.15) is 11.8 Å². The number of hydrogen-bond acceptors (Lipinski definition) is 22. The lowest BCUT2D eigenvalue weighted by atomic mass is 9.91. The average molecular weight is 1620 g/mol. The first-order chi connectivity index (χ1) is 54.6. The van der Waals surface area contributed by atoms with Gasteiger partial charge in [0.1, 0.15) is 78.3 Å². The fraction of sp³-hybridized carbons (Fsp3) is 0.473. The molecule has 1 aliphatic heterocycles. The largest absolute Gasteiger partial charge is 0.492 e. The number of benzene rings is 3. The van der Waals surface area contributed by atoms with Gasteiger partial charge < -0.3 is 123 Å². The Balaban J connectivity index is 1.46. The minimum absolute atomic E-state index is 0.0863. The van der Waals surface area contributed by atoms with E-state index in [2.05, 4.69) is 73.8 Å². The van der Waals surface area contributed by atoms with E-state index in [4.69, 9.17) is 39.1 Å². The number of H-pyrrole nitrogens is 2. The SMILES string of the molecule is CC(=O)NC1CCSC[C@@H](C(=O)N[C@@H](Cc2ccc(OCCN)cc2)C(=O)N[C@@H](Cc2c[nH]c3ccccc23)C(=O)N[C@@](C)(CCCCN)C(=O)N[C@@H](CCC(=O)O)C(=O)N[C@@H](CC(N)=O)C(=O)NCC(N)=O)NC(=O)[C@H](CCC(N)=O)NC(=O)C(Cc2c[nH]c3ccccc23)NC(=O)[C@H]([C@@H](C)O)NC(=O)[C@H](CCC(N)=O)NC1=O. The first-order valence-electron chi connectivity index (χ1n) is 37.0. The van der Waals surface area contributed by atoms with E-state index in [1.807, 2.05) is 0 Å². The molecule has 16 amide bonds. The molecule has 1 saturated heterocycles. The molecule has 1 fully saturated rings. The zero-order valence-electron chi connectivity index (χ0n) is 63.7. The molecule has 0 radical (unpaired) electrons. The molecule has 624 valence electrons. The third kappa shape index (κ3) is 29.3. The first kappa shape index (κ1) is 91.6. The topological polar surface area (TPSA) is 672 Å². The van der Waals surface area contributed by atoms with Crippen molar-refractivity contribution in [3.8, 4) is 5.75 Å². The monoisotopic (exact) mass is 1620 g/mol. The molecule has 2 unspecified atom stereocenters. The number of hydrogen-bond donors (Lipinski definition) is 22. The average Bonchev–Trinajstić information content (AvgIpc) is 1.80. The molecule has 41 heteroatoms. The fourth-order valence-electron chi connectivity index (χ4n) is 12.3. The molecule has 0 bridgehead atoms. The van der Waals surface area contributed by atoms with Crippen LogP contribution in [0.5, 0.6) is 5.75 Å². The third-order valence-electron chi connectivity index (χ3n) is 18.5. The Morgan fingerprint density at radius 3 is 1.75 bits per heavy atom. The molecule has 0 saturated carbocycles. The van der Waals surface area contributed by atoms with Gasteiger partial charge in [-0.15, -0.1) is 0 Å². The van der Waals surface area contributed by atoms with Gasteiger partial charge in [0.25, 0.3) is 0 Å². The van der Waals surface area contributed by atoms with Gasteiger partial charge >= 0.3 is 5.97 Å². The number of aliphatic hydroxyl groups excluding tert-OH is 1. The lowest BCUT2D eigenvalue weighted by Gasteiger charge is -2.34. The van der Waals surface area contributed by atoms with Crippen LogP contribution in [0.25, 0.3) is 21.8 Å². The number of aromatic amines is 2. The Labute approximate surface area is 664 Å². The number of rotatable bonds is 39. The van der Waals surface area contributed by atoms with Gasteiger partial charge in [-0.1, -0.05) is 48.5 Å². The lowest BCUT2D eigenvalue weighted by Crippen LogP contribution is -2.64. The maximum absolute atomic E-state index is 15.7. The minimum Gasteiger partial charge on any atom is -0.492 e. The van der Waals surface area contributed by atoms with E-state index in [1.165, 1.54) is 6.92 Å². The number of thioether (sulfide) groups is 1. The Morgan fingerprint density at radius 2 is 1.17 bits per heavy atom. The second kappa shape index (κ2) is 44.9. The quantitative estimate of drug-likeness (QED) is 0.0163. The van der Waals surface area contributed by atoms with Gasteiger partial charge in [0.2, 0.25) is 94.5 Å². The summed E-state index contributed by atoms with van der Waals surface area (Å²) < 4.78 is 5.70. The molecule has 2 aromatic heterocycles. The molecule has 40 nitrogen and oxygen atoms in total. The van der Waals surface area contributed by atoms with Gasteiger partial charge in [0.15, 0.2) is 0 Å². The standard InChI is InChI=1S/C74H102N20O20S/c1-38(95)62-72(112)90-53(31-41-34-81-46-12-6-4-10-44(41)46)69(109)86-48(18-21-57(77)97)64(104)91-56(37-115-29-24-51(84-39(2)96)66(106)85-49(67(107)93-62)19-22-58(78)98)70(110)87-52(30-40-14-16-43(17-15-40)114-28-27-76)68(108)88-54(32-42-35-82-47-13-7-5-11-45(42)47)71(111)94-74(3,25-8-9-26-75)73(113)92-50(20-23-61(101)102)65(105)89-55(33-59(79)99)63(103)83-36-60(80)100/h4-7,10-17,34-35,38,48-56,62,81-82,95H,8-9,18-33,36-37,75-76H2,1-3H3,(H2,77,97)(H2,78,98)(H2,79,99)(H2,80,100)(H,83,103)(H,84,96)(H,85,106)(H,86,109)(H,87,110)(H,88,108)(H,89,105)(H,90,112)(H,91,104)(H,92,113)(H,93,107)(H,94,111)(H,101,102)/t38-,48+,49+,50+,51?,52+,53?,54+,55+,56+,62+,74+/m1/s1. The number of carboxylic acid groups (broad SMARTS) is 1. The van der Waals surface area contributed by atoms with Crippen LogP contribution in [0.1, 0.15) is 108 Å². The summed E-state index contributed by atoms with van der Waals surface area (Å²) in [6, 6.07) is 2.58. The number of aliphatic hydroxyl groups is 1. The summed E-state index contributed by atoms with van der Waals surface area (Å²) in [7, 11) is 0. The number of ether oxygens (including phenoxy) is 1. The fourth-order valence-corrected chi connectivity index (χ4v) is 13.4. The van der Waals surface area contributed by atoms with Crippen LogP contribution in [-0.4, -0.2) is 230 Å². The molecule has 0 aliphatic carbocycles. The van der Waals surface area contributed by atoms with Gasteiger partial charge in [-0.05, 0) is 112 Å². The summed E-state index contributed by atoms with van der Waals surface area (Å²) in [6.45, 7) is 3.11. The van der Waals surface area contributed by atoms with E-state index in [1.54, 1.807) is 85.2 Å². The molecule has 3 aromatic carbocycles. The molecular weight excluding hydrogens is 1520 g/mol. The Morgan fingerprint density at radius 1 is 0.600 bits per heavy atom. The summed E-state index contributed by atoms with van der Waals surface area (Å²) in [4.78, 5) is 242. The number of amides is 16. The van der Waals surface area contributed by atoms with Crippen molar-refractivity contribution in [2.75, 3.05) is 37.7 Å². The highest BCUT2D eigenvalue weighted by atomic mass is 32.2. The maximum atomic E-state index is 15.7. The van der Waals surface area contributed by atoms with Gasteiger partial charge in [-0.25, -0.2) is 0 Å². The van der Waals surface area contributed by atoms with Crippen molar-refractivity contribution >= 4 is 134 Å². The summed E-state index contributed by atoms with van der Waals surface area (Å²) in [5.74, 6) is -18.5. The van der Waals surface area contributed by atoms with Crippen LogP contribution >= 0.6 is 11.8 Å². The van der Waals surface area contributed by atoms with Crippen molar-refractivity contribution in [1.82, 2.24) is 73.8 Å². The van der Waals surface area contributed by atoms with E-state index in [0.29, 0.717) is 44.2 Å². The second-order valence-corrected chi connectivity index (χ2v) is 28.9. The number of aromatic nitrogens is 2. The predicted molar refractivity (Wildman–Crippen MR) is 416 cm³/mol. The number of fused-ring (bicyclic) bond motifs is 2. The molecule has 1 aliphatic rings.